The average Bonchev–Trinajstić information content (AvgIpc) is 3.16. The second-order valence-electron chi connectivity index (χ2n) is 10.0. The number of nitrogens with one attached hydrogen (secondary N) is 3. The summed E-state index contributed by atoms with van der Waals surface area (Å²) in [4.78, 5) is 21.3. The molecule has 4 rings (SSSR count). The number of hydrogen-bond acceptors (Lipinski definition) is 6. The van der Waals surface area contributed by atoms with Gasteiger partial charge >= 0.3 is 0 Å². The lowest BCUT2D eigenvalue weighted by Crippen LogP contribution is -2.49. The monoisotopic (exact) mass is 437 g/mol. The molecule has 0 saturated heterocycles. The molecule has 1 aromatic rings. The molecule has 1 aliphatic carbocycles. The maximum absolute atomic E-state index is 12.0. The van der Waals surface area contributed by atoms with Gasteiger partial charge in [0.1, 0.15) is 11.9 Å². The third kappa shape index (κ3) is 5.45. The predicted octanol–water partition coefficient (Wildman–Crippen LogP) is 2.40. The van der Waals surface area contributed by atoms with Gasteiger partial charge in [-0.05, 0) is 23.8 Å². The summed E-state index contributed by atoms with van der Waals surface area (Å²) < 4.78 is 0. The van der Waals surface area contributed by atoms with Crippen LogP contribution < -0.4 is 16.0 Å². The number of amidine groups is 2. The lowest BCUT2D eigenvalue weighted by molar-refractivity contribution is -0.115. The SMILES string of the molecule is CC(C)(C)c1ccc(C2=NC3=CC(=O)NC3C(NCC(O)CNC3CCCCC3)=N2)cc1. The van der Waals surface area contributed by atoms with Crippen molar-refractivity contribution in [2.24, 2.45) is 9.98 Å². The van der Waals surface area contributed by atoms with Crippen LogP contribution >= 0.6 is 0 Å². The minimum atomic E-state index is -0.544. The molecule has 0 aromatic heterocycles. The molecule has 4 N–H and O–H groups in total. The van der Waals surface area contributed by atoms with E-state index >= 15 is 0 Å². The number of carbonyl (C=O) groups is 1. The van der Waals surface area contributed by atoms with Crippen LogP contribution in [0.2, 0.25) is 0 Å². The van der Waals surface area contributed by atoms with E-state index in [4.69, 9.17) is 4.99 Å². The van der Waals surface area contributed by atoms with Gasteiger partial charge in [-0.2, -0.15) is 0 Å². The molecule has 0 bridgehead atoms. The minimum absolute atomic E-state index is 0.0695. The van der Waals surface area contributed by atoms with Crippen LogP contribution in [0.5, 0.6) is 0 Å². The molecule has 2 aliphatic heterocycles. The summed E-state index contributed by atoms with van der Waals surface area (Å²) in [5, 5.41) is 20.1. The van der Waals surface area contributed by atoms with Gasteiger partial charge in [0.25, 0.3) is 0 Å². The number of hydrogen-bond donors (Lipinski definition) is 4. The average molecular weight is 438 g/mol. The fourth-order valence-corrected chi connectivity index (χ4v) is 4.40. The van der Waals surface area contributed by atoms with E-state index in [2.05, 4.69) is 53.8 Å². The predicted molar refractivity (Wildman–Crippen MR) is 128 cm³/mol. The fraction of sp³-hybridized carbons (Fsp3) is 0.560. The van der Waals surface area contributed by atoms with E-state index in [9.17, 15) is 9.90 Å². The molecule has 2 heterocycles. The Morgan fingerprint density at radius 2 is 1.81 bits per heavy atom. The van der Waals surface area contributed by atoms with Gasteiger partial charge in [0, 0.05) is 30.8 Å². The van der Waals surface area contributed by atoms with E-state index in [-0.39, 0.29) is 11.3 Å². The zero-order valence-electron chi connectivity index (χ0n) is 19.3. The topological polar surface area (TPSA) is 98.1 Å². The van der Waals surface area contributed by atoms with E-state index in [1.807, 2.05) is 12.1 Å². The lowest BCUT2D eigenvalue weighted by Gasteiger charge is -2.26. The number of aliphatic hydroxyl groups excluding tert-OH is 1. The molecule has 7 nitrogen and oxygen atoms in total. The Bertz CT molecular complexity index is 921. The Balaban J connectivity index is 1.43. The number of aliphatic imine (C=N–C) groups is 2. The number of rotatable bonds is 6. The van der Waals surface area contributed by atoms with Crippen molar-refractivity contribution in [2.45, 2.75) is 76.5 Å². The molecule has 2 atom stereocenters. The first-order chi connectivity index (χ1) is 15.3. The summed E-state index contributed by atoms with van der Waals surface area (Å²) in [6.07, 6.45) is 7.18. The second-order valence-corrected chi connectivity index (χ2v) is 10.0. The first kappa shape index (κ1) is 22.7. The van der Waals surface area contributed by atoms with Crippen LogP contribution in [0.1, 0.15) is 64.0 Å². The maximum Gasteiger partial charge on any atom is 0.246 e. The van der Waals surface area contributed by atoms with Crippen LogP contribution in [-0.2, 0) is 10.2 Å². The van der Waals surface area contributed by atoms with Crippen molar-refractivity contribution in [2.75, 3.05) is 13.1 Å². The number of carbonyl (C=O) groups excluding carboxylic acids is 1. The number of amides is 1. The molecule has 1 aromatic carbocycles. The van der Waals surface area contributed by atoms with E-state index in [1.54, 1.807) is 0 Å². The number of aliphatic hydroxyl groups is 1. The van der Waals surface area contributed by atoms with Crippen LogP contribution in [0.3, 0.4) is 0 Å². The van der Waals surface area contributed by atoms with Crippen LogP contribution in [-0.4, -0.2) is 54.0 Å². The van der Waals surface area contributed by atoms with E-state index < -0.39 is 12.1 Å². The van der Waals surface area contributed by atoms with Gasteiger partial charge in [-0.15, -0.1) is 0 Å². The van der Waals surface area contributed by atoms with Crippen molar-refractivity contribution >= 4 is 17.6 Å². The Hall–Kier alpha value is -2.51. The smallest absolute Gasteiger partial charge is 0.246 e. The van der Waals surface area contributed by atoms with Gasteiger partial charge in [0.2, 0.25) is 5.91 Å². The second kappa shape index (κ2) is 9.55. The number of benzene rings is 1. The third-order valence-electron chi connectivity index (χ3n) is 6.37. The zero-order chi connectivity index (χ0) is 22.7. The summed E-state index contributed by atoms with van der Waals surface area (Å²) in [5.74, 6) is 1.01. The van der Waals surface area contributed by atoms with Crippen molar-refractivity contribution in [1.82, 2.24) is 16.0 Å². The number of fused-ring (bicyclic) bond motifs is 1. The van der Waals surface area contributed by atoms with Crippen LogP contribution in [0.4, 0.5) is 0 Å². The highest BCUT2D eigenvalue weighted by Crippen LogP contribution is 2.24. The highest BCUT2D eigenvalue weighted by atomic mass is 16.3. The Morgan fingerprint density at radius 3 is 2.50 bits per heavy atom. The quantitative estimate of drug-likeness (QED) is 0.549. The minimum Gasteiger partial charge on any atom is -0.390 e. The van der Waals surface area contributed by atoms with Gasteiger partial charge in [-0.25, -0.2) is 9.98 Å². The Labute approximate surface area is 190 Å². The summed E-state index contributed by atoms with van der Waals surface area (Å²) in [6, 6.07) is 8.35. The lowest BCUT2D eigenvalue weighted by atomic mass is 9.86. The summed E-state index contributed by atoms with van der Waals surface area (Å²) in [5.41, 5.74) is 2.86. The van der Waals surface area contributed by atoms with Crippen molar-refractivity contribution in [3.8, 4) is 0 Å². The summed E-state index contributed by atoms with van der Waals surface area (Å²) >= 11 is 0. The third-order valence-corrected chi connectivity index (χ3v) is 6.37. The molecule has 172 valence electrons. The molecule has 7 heteroatoms. The van der Waals surface area contributed by atoms with E-state index in [0.29, 0.717) is 36.5 Å². The van der Waals surface area contributed by atoms with Crippen LogP contribution in [0, 0.1) is 0 Å². The molecule has 3 aliphatic rings. The first-order valence-corrected chi connectivity index (χ1v) is 11.8. The van der Waals surface area contributed by atoms with Crippen LogP contribution in [0.25, 0.3) is 0 Å². The first-order valence-electron chi connectivity index (χ1n) is 11.8. The molecule has 32 heavy (non-hydrogen) atoms. The van der Waals surface area contributed by atoms with Crippen molar-refractivity contribution in [1.29, 1.82) is 0 Å². The Morgan fingerprint density at radius 1 is 1.09 bits per heavy atom. The zero-order valence-corrected chi connectivity index (χ0v) is 19.3. The highest BCUT2D eigenvalue weighted by molar-refractivity contribution is 6.14. The van der Waals surface area contributed by atoms with Gasteiger partial charge in [0.15, 0.2) is 5.84 Å². The van der Waals surface area contributed by atoms with Gasteiger partial charge < -0.3 is 21.1 Å². The molecule has 1 amide bonds. The Kier molecular flexibility index (Phi) is 6.76. The van der Waals surface area contributed by atoms with Gasteiger partial charge in [-0.3, -0.25) is 4.79 Å². The van der Waals surface area contributed by atoms with Crippen LogP contribution in [0.15, 0.2) is 46.0 Å². The molecule has 0 radical (unpaired) electrons. The fourth-order valence-electron chi connectivity index (χ4n) is 4.40. The molecular formula is C25H35N5O2. The van der Waals surface area contributed by atoms with Gasteiger partial charge in [0.05, 0.1) is 11.8 Å². The maximum atomic E-state index is 12.0. The summed E-state index contributed by atoms with van der Waals surface area (Å²) in [7, 11) is 0. The molecule has 0 spiro atoms. The van der Waals surface area contributed by atoms with E-state index in [1.165, 1.54) is 43.7 Å². The van der Waals surface area contributed by atoms with E-state index in [0.717, 1.165) is 5.56 Å². The van der Waals surface area contributed by atoms with Gasteiger partial charge in [-0.1, -0.05) is 64.3 Å². The summed E-state index contributed by atoms with van der Waals surface area (Å²) in [6.45, 7) is 7.44. The highest BCUT2D eigenvalue weighted by Gasteiger charge is 2.32. The van der Waals surface area contributed by atoms with Crippen molar-refractivity contribution in [3.63, 3.8) is 0 Å². The largest absolute Gasteiger partial charge is 0.390 e. The standard InChI is InChI=1S/C25H35N5O2/c1-25(2,3)17-11-9-16(10-12-17)23-28-20-13-21(32)29-22(20)24(30-23)27-15-19(31)14-26-18-7-5-4-6-8-18/h9-13,18-19,22,26,31H,4-8,14-15H2,1-3H3,(H,29,32)(H,27,28,30). The number of nitrogens with zero attached hydrogens (tertiary/aromatic N) is 2. The molecule has 1 fully saturated rings. The molecule has 1 saturated carbocycles. The van der Waals surface area contributed by atoms with Crippen molar-refractivity contribution < 1.29 is 9.90 Å². The normalized spacial score (nSPS) is 22.4. The van der Waals surface area contributed by atoms with Crippen molar-refractivity contribution in [3.05, 3.63) is 47.2 Å². The molecule has 2 unspecified atom stereocenters. The molecular weight excluding hydrogens is 402 g/mol.